The van der Waals surface area contributed by atoms with Crippen molar-refractivity contribution in [3.8, 4) is 0 Å². The van der Waals surface area contributed by atoms with E-state index in [0.717, 1.165) is 11.8 Å². The molecule has 2 saturated carbocycles. The molecular formula is C20H27N3O3. The van der Waals surface area contributed by atoms with E-state index >= 15 is 0 Å². The number of carbonyl (C=O) groups excluding carboxylic acids is 3. The molecule has 1 aromatic rings. The Morgan fingerprint density at radius 3 is 2.04 bits per heavy atom. The fraction of sp³-hybridized carbons (Fsp3) is 0.550. The second-order valence-electron chi connectivity index (χ2n) is 7.76. The molecule has 2 fully saturated rings. The summed E-state index contributed by atoms with van der Waals surface area (Å²) in [7, 11) is 0. The lowest BCUT2D eigenvalue weighted by Crippen LogP contribution is -2.40. The second kappa shape index (κ2) is 7.48. The molecule has 26 heavy (non-hydrogen) atoms. The molecule has 2 aliphatic rings. The molecule has 140 valence electrons. The van der Waals surface area contributed by atoms with Gasteiger partial charge in [0.2, 0.25) is 11.8 Å². The van der Waals surface area contributed by atoms with Crippen molar-refractivity contribution in [1.29, 1.82) is 0 Å². The summed E-state index contributed by atoms with van der Waals surface area (Å²) in [5, 5.41) is 8.47. The van der Waals surface area contributed by atoms with E-state index < -0.39 is 0 Å². The summed E-state index contributed by atoms with van der Waals surface area (Å²) < 4.78 is 0. The monoisotopic (exact) mass is 357 g/mol. The van der Waals surface area contributed by atoms with Crippen LogP contribution in [0.5, 0.6) is 0 Å². The van der Waals surface area contributed by atoms with Crippen LogP contribution >= 0.6 is 0 Å². The molecule has 1 aromatic carbocycles. The van der Waals surface area contributed by atoms with E-state index in [4.69, 9.17) is 0 Å². The lowest BCUT2D eigenvalue weighted by atomic mass is 9.84. The third-order valence-corrected chi connectivity index (χ3v) is 5.63. The molecule has 4 atom stereocenters. The van der Waals surface area contributed by atoms with E-state index in [1.165, 1.54) is 39.5 Å². The van der Waals surface area contributed by atoms with Gasteiger partial charge in [0.15, 0.2) is 0 Å². The average molecular weight is 357 g/mol. The fourth-order valence-corrected chi connectivity index (χ4v) is 4.61. The number of amides is 3. The number of nitrogens with one attached hydrogen (secondary N) is 3. The first-order valence-electron chi connectivity index (χ1n) is 9.33. The van der Waals surface area contributed by atoms with Crippen molar-refractivity contribution in [3.63, 3.8) is 0 Å². The SMILES string of the molecule is CC(=O)Nc1cc(NC(C)=O)cc(C(=O)N[C@H](C)[C@@H]2C[C@H]3CC[C@H]2C3)c1. The molecule has 3 amide bonds. The number of anilines is 2. The highest BCUT2D eigenvalue weighted by molar-refractivity contribution is 6.00. The van der Waals surface area contributed by atoms with Gasteiger partial charge in [-0.2, -0.15) is 0 Å². The van der Waals surface area contributed by atoms with Crippen LogP contribution in [0.2, 0.25) is 0 Å². The first-order valence-corrected chi connectivity index (χ1v) is 9.33. The molecule has 3 N–H and O–H groups in total. The summed E-state index contributed by atoms with van der Waals surface area (Å²) in [5.41, 5.74) is 1.40. The zero-order valence-electron chi connectivity index (χ0n) is 15.6. The summed E-state index contributed by atoms with van der Waals surface area (Å²) >= 11 is 0. The maximum absolute atomic E-state index is 12.8. The summed E-state index contributed by atoms with van der Waals surface area (Å²) in [6.07, 6.45) is 5.12. The fourth-order valence-electron chi connectivity index (χ4n) is 4.61. The van der Waals surface area contributed by atoms with Crippen LogP contribution < -0.4 is 16.0 Å². The van der Waals surface area contributed by atoms with Gasteiger partial charge in [-0.05, 0) is 62.1 Å². The van der Waals surface area contributed by atoms with E-state index in [0.29, 0.717) is 22.9 Å². The van der Waals surface area contributed by atoms with Crippen LogP contribution in [0, 0.1) is 17.8 Å². The summed E-state index contributed by atoms with van der Waals surface area (Å²) in [6.45, 7) is 4.89. The van der Waals surface area contributed by atoms with E-state index in [9.17, 15) is 14.4 Å². The Labute approximate surface area is 154 Å². The van der Waals surface area contributed by atoms with Crippen molar-refractivity contribution in [3.05, 3.63) is 23.8 Å². The number of hydrogen-bond donors (Lipinski definition) is 3. The van der Waals surface area contributed by atoms with E-state index in [-0.39, 0.29) is 23.8 Å². The van der Waals surface area contributed by atoms with Gasteiger partial charge in [-0.1, -0.05) is 6.42 Å². The number of fused-ring (bicyclic) bond motifs is 2. The smallest absolute Gasteiger partial charge is 0.251 e. The summed E-state index contributed by atoms with van der Waals surface area (Å²) in [6, 6.07) is 5.02. The molecule has 6 heteroatoms. The molecule has 0 aromatic heterocycles. The largest absolute Gasteiger partial charge is 0.349 e. The van der Waals surface area contributed by atoms with Crippen molar-refractivity contribution in [2.45, 2.75) is 52.5 Å². The van der Waals surface area contributed by atoms with Gasteiger partial charge in [0.05, 0.1) is 0 Å². The minimum absolute atomic E-state index is 0.117. The second-order valence-corrected chi connectivity index (χ2v) is 7.76. The van der Waals surface area contributed by atoms with Crippen LogP contribution in [-0.4, -0.2) is 23.8 Å². The molecule has 2 bridgehead atoms. The normalized spacial score (nSPS) is 24.8. The van der Waals surface area contributed by atoms with Crippen LogP contribution in [0.3, 0.4) is 0 Å². The maximum Gasteiger partial charge on any atom is 0.251 e. The molecule has 2 aliphatic carbocycles. The molecule has 0 saturated heterocycles. The quantitative estimate of drug-likeness (QED) is 0.756. The topological polar surface area (TPSA) is 87.3 Å². The highest BCUT2D eigenvalue weighted by atomic mass is 16.2. The van der Waals surface area contributed by atoms with E-state index in [1.54, 1.807) is 18.2 Å². The maximum atomic E-state index is 12.8. The Morgan fingerprint density at radius 2 is 1.58 bits per heavy atom. The van der Waals surface area contributed by atoms with Crippen LogP contribution in [0.25, 0.3) is 0 Å². The first kappa shape index (κ1) is 18.4. The average Bonchev–Trinajstić information content (AvgIpc) is 3.16. The highest BCUT2D eigenvalue weighted by Crippen LogP contribution is 2.49. The van der Waals surface area contributed by atoms with Gasteiger partial charge in [0, 0.05) is 36.8 Å². The summed E-state index contributed by atoms with van der Waals surface area (Å²) in [4.78, 5) is 35.5. The predicted octanol–water partition coefficient (Wildman–Crippen LogP) is 3.16. The van der Waals surface area contributed by atoms with Crippen molar-refractivity contribution < 1.29 is 14.4 Å². The van der Waals surface area contributed by atoms with Crippen molar-refractivity contribution in [1.82, 2.24) is 5.32 Å². The zero-order valence-corrected chi connectivity index (χ0v) is 15.6. The van der Waals surface area contributed by atoms with Gasteiger partial charge in [0.25, 0.3) is 5.91 Å². The van der Waals surface area contributed by atoms with Crippen LogP contribution in [0.4, 0.5) is 11.4 Å². The van der Waals surface area contributed by atoms with Crippen LogP contribution in [0.1, 0.15) is 56.8 Å². The van der Waals surface area contributed by atoms with Gasteiger partial charge in [-0.15, -0.1) is 0 Å². The number of carbonyl (C=O) groups is 3. The van der Waals surface area contributed by atoms with E-state index in [1.807, 2.05) is 0 Å². The Hall–Kier alpha value is -2.37. The van der Waals surface area contributed by atoms with Gasteiger partial charge >= 0.3 is 0 Å². The predicted molar refractivity (Wildman–Crippen MR) is 101 cm³/mol. The summed E-state index contributed by atoms with van der Waals surface area (Å²) in [5.74, 6) is 1.47. The van der Waals surface area contributed by atoms with Crippen molar-refractivity contribution >= 4 is 29.1 Å². The number of benzene rings is 1. The number of hydrogen-bond acceptors (Lipinski definition) is 3. The first-order chi connectivity index (χ1) is 12.3. The lowest BCUT2D eigenvalue weighted by Gasteiger charge is -2.28. The Morgan fingerprint density at radius 1 is 0.962 bits per heavy atom. The van der Waals surface area contributed by atoms with Crippen molar-refractivity contribution in [2.75, 3.05) is 10.6 Å². The molecule has 3 rings (SSSR count). The Balaban J connectivity index is 1.74. The third-order valence-electron chi connectivity index (χ3n) is 5.63. The Kier molecular flexibility index (Phi) is 5.30. The molecule has 6 nitrogen and oxygen atoms in total. The molecule has 0 spiro atoms. The lowest BCUT2D eigenvalue weighted by molar-refractivity contribution is -0.115. The molecular weight excluding hydrogens is 330 g/mol. The molecule has 0 aliphatic heterocycles. The van der Waals surface area contributed by atoms with Crippen LogP contribution in [-0.2, 0) is 9.59 Å². The van der Waals surface area contributed by atoms with Crippen molar-refractivity contribution in [2.24, 2.45) is 17.8 Å². The minimum atomic E-state index is -0.230. The van der Waals surface area contributed by atoms with Gasteiger partial charge in [-0.25, -0.2) is 0 Å². The Bertz CT molecular complexity index is 697. The standard InChI is InChI=1S/C20H27N3O3/c1-11(19-7-14-4-5-15(19)6-14)21-20(26)16-8-17(22-12(2)24)10-18(9-16)23-13(3)25/h8-11,14-15,19H,4-7H2,1-3H3,(H,21,26)(H,22,24)(H,23,25)/t11-,14+,15+,19+/m1/s1. The zero-order chi connectivity index (χ0) is 18.8. The third kappa shape index (κ3) is 4.23. The molecule has 0 heterocycles. The highest BCUT2D eigenvalue weighted by Gasteiger charge is 2.42. The van der Waals surface area contributed by atoms with Gasteiger partial charge < -0.3 is 16.0 Å². The van der Waals surface area contributed by atoms with Gasteiger partial charge in [0.1, 0.15) is 0 Å². The number of rotatable bonds is 5. The minimum Gasteiger partial charge on any atom is -0.349 e. The molecule has 0 radical (unpaired) electrons. The van der Waals surface area contributed by atoms with Crippen LogP contribution in [0.15, 0.2) is 18.2 Å². The van der Waals surface area contributed by atoms with E-state index in [2.05, 4.69) is 22.9 Å². The van der Waals surface area contributed by atoms with Gasteiger partial charge in [-0.3, -0.25) is 14.4 Å². The molecule has 0 unspecified atom stereocenters.